The van der Waals surface area contributed by atoms with Gasteiger partial charge in [0.2, 0.25) is 0 Å². The number of rotatable bonds is 2. The minimum absolute atomic E-state index is 0.0718. The SMILES string of the molecule is C[C@@H](c1ccc(Cl)cc1)c1cc(F)cc(F)c1. The highest BCUT2D eigenvalue weighted by Gasteiger charge is 2.10. The Balaban J connectivity index is 2.36. The van der Waals surface area contributed by atoms with Gasteiger partial charge in [-0.15, -0.1) is 0 Å². The van der Waals surface area contributed by atoms with Crippen LogP contribution in [0.1, 0.15) is 24.0 Å². The number of halogens is 3. The van der Waals surface area contributed by atoms with E-state index in [-0.39, 0.29) is 5.92 Å². The van der Waals surface area contributed by atoms with Crippen molar-refractivity contribution in [2.75, 3.05) is 0 Å². The van der Waals surface area contributed by atoms with Crippen LogP contribution < -0.4 is 0 Å². The van der Waals surface area contributed by atoms with Crippen molar-refractivity contribution < 1.29 is 8.78 Å². The Labute approximate surface area is 104 Å². The molecule has 0 aliphatic rings. The van der Waals surface area contributed by atoms with E-state index >= 15 is 0 Å². The smallest absolute Gasteiger partial charge is 0.126 e. The number of benzene rings is 2. The standard InChI is InChI=1S/C14H11ClF2/c1-9(10-2-4-12(15)5-3-10)11-6-13(16)8-14(17)7-11/h2-9H,1H3/t9-/m0/s1. The summed E-state index contributed by atoms with van der Waals surface area (Å²) < 4.78 is 26.2. The first-order valence-electron chi connectivity index (χ1n) is 5.28. The van der Waals surface area contributed by atoms with Crippen LogP contribution in [0.25, 0.3) is 0 Å². The van der Waals surface area contributed by atoms with E-state index in [0.717, 1.165) is 11.6 Å². The molecule has 0 unspecified atom stereocenters. The van der Waals surface area contributed by atoms with Crippen molar-refractivity contribution in [2.45, 2.75) is 12.8 Å². The van der Waals surface area contributed by atoms with Crippen LogP contribution in [0.15, 0.2) is 42.5 Å². The summed E-state index contributed by atoms with van der Waals surface area (Å²) in [6.07, 6.45) is 0. The highest BCUT2D eigenvalue weighted by atomic mass is 35.5. The van der Waals surface area contributed by atoms with Gasteiger partial charge < -0.3 is 0 Å². The van der Waals surface area contributed by atoms with Crippen molar-refractivity contribution in [3.63, 3.8) is 0 Å². The van der Waals surface area contributed by atoms with Gasteiger partial charge in [0.05, 0.1) is 0 Å². The predicted octanol–water partition coefficient (Wildman–Crippen LogP) is 4.77. The zero-order valence-corrected chi connectivity index (χ0v) is 10.0. The van der Waals surface area contributed by atoms with E-state index in [0.29, 0.717) is 10.6 Å². The zero-order valence-electron chi connectivity index (χ0n) is 9.25. The van der Waals surface area contributed by atoms with Crippen LogP contribution in [0.3, 0.4) is 0 Å². The molecule has 0 aromatic heterocycles. The molecule has 0 amide bonds. The van der Waals surface area contributed by atoms with Crippen molar-refractivity contribution in [3.8, 4) is 0 Å². The molecule has 0 saturated heterocycles. The molecule has 2 rings (SSSR count). The highest BCUT2D eigenvalue weighted by molar-refractivity contribution is 6.30. The Morgan fingerprint density at radius 1 is 0.882 bits per heavy atom. The van der Waals surface area contributed by atoms with Crippen LogP contribution in [-0.2, 0) is 0 Å². The molecule has 0 heterocycles. The molecule has 0 radical (unpaired) electrons. The Morgan fingerprint density at radius 2 is 1.41 bits per heavy atom. The maximum atomic E-state index is 13.1. The van der Waals surface area contributed by atoms with Crippen LogP contribution >= 0.6 is 11.6 Å². The summed E-state index contributed by atoms with van der Waals surface area (Å²) in [4.78, 5) is 0. The molecule has 88 valence electrons. The summed E-state index contributed by atoms with van der Waals surface area (Å²) in [5.74, 6) is -1.18. The summed E-state index contributed by atoms with van der Waals surface area (Å²) in [5, 5.41) is 0.645. The van der Waals surface area contributed by atoms with E-state index in [1.165, 1.54) is 12.1 Å². The molecule has 0 fully saturated rings. The summed E-state index contributed by atoms with van der Waals surface area (Å²) in [6, 6.07) is 10.8. The van der Waals surface area contributed by atoms with Gasteiger partial charge in [0.15, 0.2) is 0 Å². The van der Waals surface area contributed by atoms with Gasteiger partial charge in [-0.05, 0) is 35.4 Å². The molecule has 3 heteroatoms. The molecule has 0 aliphatic carbocycles. The van der Waals surface area contributed by atoms with Crippen LogP contribution in [0.4, 0.5) is 8.78 Å². The molecule has 1 atom stereocenters. The normalized spacial score (nSPS) is 12.5. The first-order valence-corrected chi connectivity index (χ1v) is 5.65. The second kappa shape index (κ2) is 4.84. The third-order valence-electron chi connectivity index (χ3n) is 2.75. The fourth-order valence-electron chi connectivity index (χ4n) is 1.77. The Kier molecular flexibility index (Phi) is 3.43. The van der Waals surface area contributed by atoms with E-state index in [9.17, 15) is 8.78 Å². The monoisotopic (exact) mass is 252 g/mol. The average Bonchev–Trinajstić information content (AvgIpc) is 2.28. The topological polar surface area (TPSA) is 0 Å². The van der Waals surface area contributed by atoms with E-state index in [1.54, 1.807) is 12.1 Å². The van der Waals surface area contributed by atoms with E-state index in [2.05, 4.69) is 0 Å². The maximum Gasteiger partial charge on any atom is 0.126 e. The average molecular weight is 253 g/mol. The fraction of sp³-hybridized carbons (Fsp3) is 0.143. The maximum absolute atomic E-state index is 13.1. The number of hydrogen-bond acceptors (Lipinski definition) is 0. The molecular weight excluding hydrogens is 242 g/mol. The van der Waals surface area contributed by atoms with Gasteiger partial charge in [-0.2, -0.15) is 0 Å². The van der Waals surface area contributed by atoms with Crippen molar-refractivity contribution in [1.82, 2.24) is 0 Å². The largest absolute Gasteiger partial charge is 0.207 e. The molecule has 0 saturated carbocycles. The molecule has 2 aromatic rings. The van der Waals surface area contributed by atoms with Gasteiger partial charge in [-0.25, -0.2) is 8.78 Å². The molecule has 0 bridgehead atoms. The summed E-state index contributed by atoms with van der Waals surface area (Å²) in [5.41, 5.74) is 1.59. The van der Waals surface area contributed by atoms with Gasteiger partial charge in [0.25, 0.3) is 0 Å². The zero-order chi connectivity index (χ0) is 12.4. The lowest BCUT2D eigenvalue weighted by Gasteiger charge is -2.12. The lowest BCUT2D eigenvalue weighted by molar-refractivity contribution is 0.578. The van der Waals surface area contributed by atoms with Crippen molar-refractivity contribution in [3.05, 3.63) is 70.2 Å². The van der Waals surface area contributed by atoms with Crippen molar-refractivity contribution >= 4 is 11.6 Å². The van der Waals surface area contributed by atoms with Gasteiger partial charge in [0, 0.05) is 17.0 Å². The molecule has 17 heavy (non-hydrogen) atoms. The quantitative estimate of drug-likeness (QED) is 0.722. The van der Waals surface area contributed by atoms with Gasteiger partial charge >= 0.3 is 0 Å². The summed E-state index contributed by atoms with van der Waals surface area (Å²) >= 11 is 5.79. The first-order chi connectivity index (χ1) is 8.06. The second-order valence-corrected chi connectivity index (χ2v) is 4.41. The first kappa shape index (κ1) is 12.1. The highest BCUT2D eigenvalue weighted by Crippen LogP contribution is 2.26. The van der Waals surface area contributed by atoms with Crippen LogP contribution in [0.5, 0.6) is 0 Å². The Hall–Kier alpha value is -1.41. The predicted molar refractivity (Wildman–Crippen MR) is 65.3 cm³/mol. The van der Waals surface area contributed by atoms with E-state index in [4.69, 9.17) is 11.6 Å². The molecular formula is C14H11ClF2. The van der Waals surface area contributed by atoms with Crippen molar-refractivity contribution in [1.29, 1.82) is 0 Å². The molecule has 0 aliphatic heterocycles. The summed E-state index contributed by atoms with van der Waals surface area (Å²) in [7, 11) is 0. The minimum Gasteiger partial charge on any atom is -0.207 e. The molecule has 2 aromatic carbocycles. The lowest BCUT2D eigenvalue weighted by Crippen LogP contribution is -1.97. The molecule has 0 nitrogen and oxygen atoms in total. The van der Waals surface area contributed by atoms with Crippen LogP contribution in [0, 0.1) is 11.6 Å². The van der Waals surface area contributed by atoms with Gasteiger partial charge in [-0.1, -0.05) is 30.7 Å². The third-order valence-corrected chi connectivity index (χ3v) is 3.01. The molecule has 0 spiro atoms. The van der Waals surface area contributed by atoms with E-state index in [1.807, 2.05) is 19.1 Å². The van der Waals surface area contributed by atoms with E-state index < -0.39 is 11.6 Å². The minimum atomic E-state index is -0.555. The van der Waals surface area contributed by atoms with Crippen molar-refractivity contribution in [2.24, 2.45) is 0 Å². The van der Waals surface area contributed by atoms with Gasteiger partial charge in [0.1, 0.15) is 11.6 Å². The lowest BCUT2D eigenvalue weighted by atomic mass is 9.93. The second-order valence-electron chi connectivity index (χ2n) is 3.98. The summed E-state index contributed by atoms with van der Waals surface area (Å²) in [6.45, 7) is 1.90. The fourth-order valence-corrected chi connectivity index (χ4v) is 1.90. The molecule has 0 N–H and O–H groups in total. The van der Waals surface area contributed by atoms with Gasteiger partial charge in [-0.3, -0.25) is 0 Å². The Morgan fingerprint density at radius 3 is 1.94 bits per heavy atom. The van der Waals surface area contributed by atoms with Crippen LogP contribution in [-0.4, -0.2) is 0 Å². The third kappa shape index (κ3) is 2.83. The van der Waals surface area contributed by atoms with Crippen LogP contribution in [0.2, 0.25) is 5.02 Å². The number of hydrogen-bond donors (Lipinski definition) is 0. The Bertz CT molecular complexity index is 500.